The second-order valence-electron chi connectivity index (χ2n) is 37.9. The lowest BCUT2D eigenvalue weighted by molar-refractivity contribution is 1.16. The number of halogens is 1. The van der Waals surface area contributed by atoms with Crippen LogP contribution in [0.25, 0.3) is 238 Å². The number of aromatic nitrogens is 4. The first kappa shape index (κ1) is 87.3. The highest BCUT2D eigenvalue weighted by atomic mass is 79.9. The van der Waals surface area contributed by atoms with E-state index in [0.29, 0.717) is 0 Å². The van der Waals surface area contributed by atoms with Gasteiger partial charge in [0.1, 0.15) is 0 Å². The fourth-order valence-electron chi connectivity index (χ4n) is 22.7. The van der Waals surface area contributed by atoms with Crippen LogP contribution in [0.1, 0.15) is 18.6 Å². The minimum absolute atomic E-state index is 0. The normalized spacial score (nSPS) is 11.7. The molecular formula is C138H92BrN5S2. The molecule has 0 radical (unpaired) electrons. The summed E-state index contributed by atoms with van der Waals surface area (Å²) < 4.78 is 16.1. The number of nitrogens with zero attached hydrogens (tertiary/aromatic N) is 5. The third kappa shape index (κ3) is 15.3. The molecule has 0 N–H and O–H groups in total. The van der Waals surface area contributed by atoms with Crippen LogP contribution in [-0.2, 0) is 6.42 Å². The fourth-order valence-corrected chi connectivity index (χ4v) is 25.2. The Morgan fingerprint density at radius 1 is 0.178 bits per heavy atom. The van der Waals surface area contributed by atoms with Crippen molar-refractivity contribution in [1.82, 2.24) is 18.3 Å². The SMILES string of the molecule is Brc1ccc(-c2cccc(-c3ccc4c(c3)c3cc5c(ccc6sc7ccccc7c65)cc3n4-c3ccccc3)c2)cc1.C.c1ccc(-n2c3ccccc3c3ccc(Cc4ccc5ccccc5c4)cc32)cc1.c1ccc(-n2c3ccccc3c3ccc(N(c4ccc(-c5cccc(-c6ccc7c(c6)c6cc8c(ccc9sc%10ccccc%10c98)cc6n7-c6ccccc6)c5)cc4)c4ccc5ccccc5c4)cc32)cc1. The van der Waals surface area contributed by atoms with Crippen molar-refractivity contribution in [3.8, 4) is 67.3 Å². The van der Waals surface area contributed by atoms with E-state index in [9.17, 15) is 0 Å². The van der Waals surface area contributed by atoms with Crippen LogP contribution in [0.15, 0.2) is 526 Å². The van der Waals surface area contributed by atoms with Gasteiger partial charge in [-0.05, 0) is 305 Å². The molecule has 30 rings (SSSR count). The molecule has 688 valence electrons. The highest BCUT2D eigenvalue weighted by Crippen LogP contribution is 2.49. The highest BCUT2D eigenvalue weighted by Gasteiger charge is 2.25. The van der Waals surface area contributed by atoms with Crippen molar-refractivity contribution < 1.29 is 0 Å². The first-order chi connectivity index (χ1) is 71.8. The second kappa shape index (κ2) is 36.3. The van der Waals surface area contributed by atoms with E-state index in [1.165, 1.54) is 238 Å². The zero-order chi connectivity index (χ0) is 95.7. The molecule has 0 amide bonds. The van der Waals surface area contributed by atoms with Crippen LogP contribution in [0, 0.1) is 0 Å². The Hall–Kier alpha value is -17.8. The molecule has 0 atom stereocenters. The fraction of sp³-hybridized carbons (Fsp3) is 0.0145. The molecule has 0 saturated heterocycles. The number of thiophene rings is 2. The third-order valence-electron chi connectivity index (χ3n) is 29.4. The molecule has 0 aliphatic heterocycles. The third-order valence-corrected chi connectivity index (χ3v) is 32.2. The first-order valence-corrected chi connectivity index (χ1v) is 51.9. The Balaban J connectivity index is 0.000000120. The minimum atomic E-state index is 0. The molecule has 6 aromatic heterocycles. The van der Waals surface area contributed by atoms with Crippen molar-refractivity contribution in [1.29, 1.82) is 0 Å². The van der Waals surface area contributed by atoms with Gasteiger partial charge in [-0.2, -0.15) is 0 Å². The number of para-hydroxylation sites is 6. The molecule has 8 heteroatoms. The predicted octanol–water partition coefficient (Wildman–Crippen LogP) is 39.9. The van der Waals surface area contributed by atoms with Crippen molar-refractivity contribution in [2.45, 2.75) is 13.8 Å². The average Bonchev–Trinajstić information content (AvgIpc) is 1.56. The van der Waals surface area contributed by atoms with Crippen molar-refractivity contribution >= 4 is 226 Å². The van der Waals surface area contributed by atoms with E-state index in [0.717, 1.165) is 39.3 Å². The number of benzene rings is 24. The molecular weight excluding hydrogens is 1870 g/mol. The van der Waals surface area contributed by atoms with E-state index in [1.54, 1.807) is 0 Å². The quantitative estimate of drug-likeness (QED) is 0.113. The van der Waals surface area contributed by atoms with Gasteiger partial charge in [-0.3, -0.25) is 0 Å². The number of hydrogen-bond donors (Lipinski definition) is 0. The van der Waals surface area contributed by atoms with E-state index in [2.05, 4.69) is 561 Å². The van der Waals surface area contributed by atoms with E-state index in [-0.39, 0.29) is 7.43 Å². The van der Waals surface area contributed by atoms with Gasteiger partial charge >= 0.3 is 0 Å². The summed E-state index contributed by atoms with van der Waals surface area (Å²) in [6.45, 7) is 0. The molecule has 0 aliphatic carbocycles. The molecule has 0 unspecified atom stereocenters. The summed E-state index contributed by atoms with van der Waals surface area (Å²) in [5, 5.41) is 25.7. The Bertz CT molecular complexity index is 10400. The molecule has 24 aromatic carbocycles. The van der Waals surface area contributed by atoms with Crippen LogP contribution in [0.5, 0.6) is 0 Å². The summed E-state index contributed by atoms with van der Waals surface area (Å²) in [6.07, 6.45) is 0.928. The Morgan fingerprint density at radius 2 is 0.507 bits per heavy atom. The van der Waals surface area contributed by atoms with Gasteiger partial charge in [0.05, 0.1) is 44.1 Å². The summed E-state index contributed by atoms with van der Waals surface area (Å²) in [5.74, 6) is 0. The lowest BCUT2D eigenvalue weighted by Crippen LogP contribution is -2.10. The zero-order valence-corrected chi connectivity index (χ0v) is 82.0. The van der Waals surface area contributed by atoms with Crippen LogP contribution in [-0.4, -0.2) is 18.3 Å². The Labute approximate surface area is 860 Å². The number of rotatable bonds is 13. The zero-order valence-electron chi connectivity index (χ0n) is 78.8. The van der Waals surface area contributed by atoms with Crippen molar-refractivity contribution in [3.63, 3.8) is 0 Å². The van der Waals surface area contributed by atoms with E-state index >= 15 is 0 Å². The second-order valence-corrected chi connectivity index (χ2v) is 41.0. The maximum Gasteiger partial charge on any atom is 0.0561 e. The molecule has 0 spiro atoms. The summed E-state index contributed by atoms with van der Waals surface area (Å²) in [4.78, 5) is 2.40. The molecule has 0 saturated carbocycles. The van der Waals surface area contributed by atoms with Crippen molar-refractivity contribution in [2.75, 3.05) is 4.90 Å². The van der Waals surface area contributed by atoms with Gasteiger partial charge < -0.3 is 23.2 Å². The standard InChI is InChI=1S/C68H43N3S.C40H24BrNS.C29H21N.CH4/c1-3-18-51(19-4-1)70-62-24-11-9-22-56(62)57-35-34-55(42-65(57)70)69(54-33-28-44-14-7-8-15-48(44)39-54)53-31-26-45(27-32-53)46-16-13-17-47(38-46)49-29-36-63-60(40-49)61-43-59-50(41-64(61)71(63)52-20-5-2-6-21-52)30-37-67-68(59)58-23-10-12-25-66(58)72-67;41-30-17-13-25(14-18-30)26-7-6-8-27(21-26)28-15-19-36-34(22-28)35-24-33-29(23-37(35)42(36)31-9-2-1-3-10-31)16-20-39-40(33)32-11-4-5-12-38(32)43-39;1-2-10-25(11-3-1)30-28-13-7-6-12-26(28)27-17-15-22(20-29(27)30)18-21-14-16-23-8-4-5-9-24(23)19-21;/h1-43H;1-24H;1-17,19-20H,18H2;1H4. The van der Waals surface area contributed by atoms with E-state index in [1.807, 2.05) is 22.7 Å². The molecule has 0 bridgehead atoms. The van der Waals surface area contributed by atoms with Crippen molar-refractivity contribution in [3.05, 3.63) is 537 Å². The van der Waals surface area contributed by atoms with Gasteiger partial charge in [0.2, 0.25) is 0 Å². The number of hydrogen-bond acceptors (Lipinski definition) is 3. The molecule has 0 aliphatic rings. The topological polar surface area (TPSA) is 23.0 Å². The summed E-state index contributed by atoms with van der Waals surface area (Å²) in [5.41, 5.74) is 30.0. The van der Waals surface area contributed by atoms with Crippen LogP contribution in [0.4, 0.5) is 17.1 Å². The number of fused-ring (bicyclic) bond motifs is 24. The molecule has 146 heavy (non-hydrogen) atoms. The largest absolute Gasteiger partial charge is 0.310 e. The van der Waals surface area contributed by atoms with E-state index in [4.69, 9.17) is 0 Å². The van der Waals surface area contributed by atoms with Gasteiger partial charge in [-0.15, -0.1) is 22.7 Å². The smallest absolute Gasteiger partial charge is 0.0561 e. The summed E-state index contributed by atoms with van der Waals surface area (Å²) >= 11 is 7.33. The Kier molecular flexibility index (Phi) is 21.7. The lowest BCUT2D eigenvalue weighted by Gasteiger charge is -2.26. The van der Waals surface area contributed by atoms with Crippen LogP contribution in [0.3, 0.4) is 0 Å². The summed E-state index contributed by atoms with van der Waals surface area (Å²) in [6, 6.07) is 191. The molecule has 6 heterocycles. The monoisotopic (exact) mass is 1960 g/mol. The van der Waals surface area contributed by atoms with Gasteiger partial charge in [0, 0.05) is 128 Å². The maximum atomic E-state index is 3.57. The minimum Gasteiger partial charge on any atom is -0.310 e. The predicted molar refractivity (Wildman–Crippen MR) is 633 cm³/mol. The van der Waals surface area contributed by atoms with Gasteiger partial charge in [0.15, 0.2) is 0 Å². The lowest BCUT2D eigenvalue weighted by atomic mass is 9.97. The average molecular weight is 1960 g/mol. The van der Waals surface area contributed by atoms with E-state index < -0.39 is 0 Å². The van der Waals surface area contributed by atoms with Crippen LogP contribution >= 0.6 is 38.6 Å². The number of anilines is 3. The van der Waals surface area contributed by atoms with Gasteiger partial charge in [-0.1, -0.05) is 345 Å². The van der Waals surface area contributed by atoms with Gasteiger partial charge in [-0.25, -0.2) is 0 Å². The van der Waals surface area contributed by atoms with Crippen LogP contribution < -0.4 is 4.90 Å². The summed E-state index contributed by atoms with van der Waals surface area (Å²) in [7, 11) is 0. The van der Waals surface area contributed by atoms with Crippen molar-refractivity contribution in [2.24, 2.45) is 0 Å². The molecule has 0 fully saturated rings. The van der Waals surface area contributed by atoms with Gasteiger partial charge in [0.25, 0.3) is 0 Å². The maximum absolute atomic E-state index is 3.57. The van der Waals surface area contributed by atoms with Crippen LogP contribution in [0.2, 0.25) is 0 Å². The highest BCUT2D eigenvalue weighted by molar-refractivity contribution is 9.10. The first-order valence-electron chi connectivity index (χ1n) is 49.5. The molecule has 5 nitrogen and oxygen atoms in total. The Morgan fingerprint density at radius 3 is 1.00 bits per heavy atom. The molecule has 30 aromatic rings.